The molecule has 0 aliphatic carbocycles. The van der Waals surface area contributed by atoms with Gasteiger partial charge in [-0.3, -0.25) is 4.79 Å². The van der Waals surface area contributed by atoms with Crippen LogP contribution >= 0.6 is 15.9 Å². The van der Waals surface area contributed by atoms with Gasteiger partial charge in [-0.25, -0.2) is 0 Å². The van der Waals surface area contributed by atoms with Crippen LogP contribution in [-0.4, -0.2) is 33.2 Å². The number of carbonyl (C=O) groups excluding carboxylic acids is 1. The van der Waals surface area contributed by atoms with Gasteiger partial charge in [-0.05, 0) is 77.8 Å². The molecule has 27 heavy (non-hydrogen) atoms. The molecule has 1 N–H and O–H groups in total. The molecule has 0 unspecified atom stereocenters. The Balaban J connectivity index is 2.06. The molecular formula is C21H25BrN2O3. The quantitative estimate of drug-likeness (QED) is 0.598. The maximum absolute atomic E-state index is 12.2. The molecule has 0 saturated heterocycles. The Bertz CT molecular complexity index is 800. The fraction of sp³-hybridized carbons (Fsp3) is 0.286. The van der Waals surface area contributed by atoms with Gasteiger partial charge in [0.2, 0.25) is 5.91 Å². The number of methoxy groups -OCH3 is 2. The lowest BCUT2D eigenvalue weighted by Crippen LogP contribution is -2.21. The van der Waals surface area contributed by atoms with Crippen molar-refractivity contribution in [2.24, 2.45) is 0 Å². The highest BCUT2D eigenvalue weighted by Crippen LogP contribution is 2.36. The fourth-order valence-electron chi connectivity index (χ4n) is 2.73. The highest BCUT2D eigenvalue weighted by Gasteiger charge is 2.09. The molecule has 2 rings (SSSR count). The Morgan fingerprint density at radius 3 is 2.33 bits per heavy atom. The monoisotopic (exact) mass is 432 g/mol. The van der Waals surface area contributed by atoms with Crippen molar-refractivity contribution >= 4 is 39.3 Å². The van der Waals surface area contributed by atoms with E-state index in [2.05, 4.69) is 40.0 Å². The van der Waals surface area contributed by atoms with Gasteiger partial charge in [0.05, 0.1) is 18.7 Å². The third-order valence-corrected chi connectivity index (χ3v) is 4.74. The molecule has 2 aromatic carbocycles. The molecule has 144 valence electrons. The van der Waals surface area contributed by atoms with E-state index in [1.54, 1.807) is 20.3 Å². The minimum atomic E-state index is -0.198. The van der Waals surface area contributed by atoms with Gasteiger partial charge in [-0.1, -0.05) is 0 Å². The Hall–Kier alpha value is -2.47. The molecule has 0 aromatic heterocycles. The molecule has 0 fully saturated rings. The summed E-state index contributed by atoms with van der Waals surface area (Å²) in [5, 5.41) is 2.87. The van der Waals surface area contributed by atoms with Gasteiger partial charge in [0, 0.05) is 30.5 Å². The third kappa shape index (κ3) is 5.50. The lowest BCUT2D eigenvalue weighted by atomic mass is 10.2. The van der Waals surface area contributed by atoms with E-state index < -0.39 is 0 Å². The summed E-state index contributed by atoms with van der Waals surface area (Å²) in [5.41, 5.74) is 2.73. The molecule has 0 atom stereocenters. The Labute approximate surface area is 169 Å². The van der Waals surface area contributed by atoms with Gasteiger partial charge in [0.15, 0.2) is 11.5 Å². The number of ether oxygens (including phenoxy) is 2. The van der Waals surface area contributed by atoms with Crippen LogP contribution in [0.2, 0.25) is 0 Å². The highest BCUT2D eigenvalue weighted by atomic mass is 79.9. The lowest BCUT2D eigenvalue weighted by Gasteiger charge is -2.21. The van der Waals surface area contributed by atoms with Crippen molar-refractivity contribution in [3.63, 3.8) is 0 Å². The van der Waals surface area contributed by atoms with Crippen LogP contribution in [0.4, 0.5) is 11.4 Å². The molecule has 1 amide bonds. The second-order valence-corrected chi connectivity index (χ2v) is 6.63. The molecule has 0 saturated carbocycles. The largest absolute Gasteiger partial charge is 0.493 e. The van der Waals surface area contributed by atoms with Crippen LogP contribution in [0.3, 0.4) is 0 Å². The van der Waals surface area contributed by atoms with Gasteiger partial charge in [0.1, 0.15) is 0 Å². The molecule has 0 heterocycles. The van der Waals surface area contributed by atoms with Crippen molar-refractivity contribution in [2.75, 3.05) is 37.5 Å². The van der Waals surface area contributed by atoms with Crippen molar-refractivity contribution in [3.05, 3.63) is 52.5 Å². The SMILES string of the molecule is CCN(CC)c1ccc(NC(=O)/C=C/c2cc(Br)c(OC)c(OC)c2)cc1. The summed E-state index contributed by atoms with van der Waals surface area (Å²) in [6.45, 7) is 6.14. The second-order valence-electron chi connectivity index (χ2n) is 5.78. The molecule has 2 aromatic rings. The first kappa shape index (κ1) is 20.8. The van der Waals surface area contributed by atoms with Gasteiger partial charge >= 0.3 is 0 Å². The third-order valence-electron chi connectivity index (χ3n) is 4.15. The lowest BCUT2D eigenvalue weighted by molar-refractivity contribution is -0.111. The predicted molar refractivity (Wildman–Crippen MR) is 115 cm³/mol. The summed E-state index contributed by atoms with van der Waals surface area (Å²) in [7, 11) is 3.16. The first-order chi connectivity index (χ1) is 13.0. The number of halogens is 1. The van der Waals surface area contributed by atoms with Gasteiger partial charge in [-0.2, -0.15) is 0 Å². The van der Waals surface area contributed by atoms with E-state index in [-0.39, 0.29) is 5.91 Å². The van der Waals surface area contributed by atoms with E-state index in [1.165, 1.54) is 6.08 Å². The van der Waals surface area contributed by atoms with E-state index in [4.69, 9.17) is 9.47 Å². The fourth-order valence-corrected chi connectivity index (χ4v) is 3.36. The van der Waals surface area contributed by atoms with Gasteiger partial charge < -0.3 is 19.7 Å². The zero-order valence-electron chi connectivity index (χ0n) is 16.1. The summed E-state index contributed by atoms with van der Waals surface area (Å²) in [6.07, 6.45) is 3.22. The molecule has 6 heteroatoms. The molecule has 0 aliphatic heterocycles. The van der Waals surface area contributed by atoms with Crippen molar-refractivity contribution in [1.29, 1.82) is 0 Å². The summed E-state index contributed by atoms with van der Waals surface area (Å²) in [4.78, 5) is 14.5. The smallest absolute Gasteiger partial charge is 0.248 e. The van der Waals surface area contributed by atoms with Crippen LogP contribution < -0.4 is 19.7 Å². The summed E-state index contributed by atoms with van der Waals surface area (Å²) >= 11 is 3.45. The summed E-state index contributed by atoms with van der Waals surface area (Å²) in [5.74, 6) is 1.02. The number of nitrogens with zero attached hydrogens (tertiary/aromatic N) is 1. The maximum atomic E-state index is 12.2. The predicted octanol–water partition coefficient (Wildman–Crippen LogP) is 4.96. The van der Waals surface area contributed by atoms with Crippen molar-refractivity contribution in [1.82, 2.24) is 0 Å². The number of hydrogen-bond acceptors (Lipinski definition) is 4. The highest BCUT2D eigenvalue weighted by molar-refractivity contribution is 9.10. The Morgan fingerprint density at radius 2 is 1.78 bits per heavy atom. The number of benzene rings is 2. The average Bonchev–Trinajstić information content (AvgIpc) is 2.68. The number of amides is 1. The standard InChI is InChI=1S/C21H25BrN2O3/c1-5-24(6-2)17-10-8-16(9-11-17)23-20(25)12-7-15-13-18(22)21(27-4)19(14-15)26-3/h7-14H,5-6H2,1-4H3,(H,23,25)/b12-7+. The second kappa shape index (κ2) is 10.0. The van der Waals surface area contributed by atoms with E-state index in [1.807, 2.05) is 36.4 Å². The molecule has 0 aliphatic rings. The first-order valence-corrected chi connectivity index (χ1v) is 9.57. The van der Waals surface area contributed by atoms with Gasteiger partial charge in [-0.15, -0.1) is 0 Å². The zero-order valence-corrected chi connectivity index (χ0v) is 17.7. The number of nitrogens with one attached hydrogen (secondary N) is 1. The first-order valence-electron chi connectivity index (χ1n) is 8.77. The summed E-state index contributed by atoms with van der Waals surface area (Å²) in [6, 6.07) is 11.5. The van der Waals surface area contributed by atoms with Crippen LogP contribution in [0.25, 0.3) is 6.08 Å². The van der Waals surface area contributed by atoms with Crippen molar-refractivity contribution in [3.8, 4) is 11.5 Å². The molecule has 5 nitrogen and oxygen atoms in total. The van der Waals surface area contributed by atoms with Crippen molar-refractivity contribution < 1.29 is 14.3 Å². The number of hydrogen-bond donors (Lipinski definition) is 1. The average molecular weight is 433 g/mol. The van der Waals surface area contributed by atoms with E-state index in [0.29, 0.717) is 11.5 Å². The number of carbonyl (C=O) groups is 1. The number of rotatable bonds is 8. The van der Waals surface area contributed by atoms with Crippen LogP contribution in [-0.2, 0) is 4.79 Å². The van der Waals surface area contributed by atoms with E-state index >= 15 is 0 Å². The van der Waals surface area contributed by atoms with Crippen LogP contribution in [0.1, 0.15) is 19.4 Å². The molecule has 0 radical (unpaired) electrons. The molecular weight excluding hydrogens is 408 g/mol. The minimum Gasteiger partial charge on any atom is -0.493 e. The van der Waals surface area contributed by atoms with Crippen LogP contribution in [0.5, 0.6) is 11.5 Å². The summed E-state index contributed by atoms with van der Waals surface area (Å²) < 4.78 is 11.4. The number of anilines is 2. The Kier molecular flexibility index (Phi) is 7.73. The molecule has 0 spiro atoms. The van der Waals surface area contributed by atoms with Gasteiger partial charge in [0.25, 0.3) is 0 Å². The minimum absolute atomic E-state index is 0.198. The van der Waals surface area contributed by atoms with Crippen LogP contribution in [0, 0.1) is 0 Å². The normalized spacial score (nSPS) is 10.7. The maximum Gasteiger partial charge on any atom is 0.248 e. The van der Waals surface area contributed by atoms with Crippen molar-refractivity contribution in [2.45, 2.75) is 13.8 Å². The van der Waals surface area contributed by atoms with Crippen LogP contribution in [0.15, 0.2) is 46.9 Å². The zero-order chi connectivity index (χ0) is 19.8. The topological polar surface area (TPSA) is 50.8 Å². The van der Waals surface area contributed by atoms with E-state index in [0.717, 1.165) is 34.5 Å². The Morgan fingerprint density at radius 1 is 1.11 bits per heavy atom. The molecule has 0 bridgehead atoms. The van der Waals surface area contributed by atoms with E-state index in [9.17, 15) is 4.79 Å².